The lowest BCUT2D eigenvalue weighted by Gasteiger charge is -2.39. The second-order valence-corrected chi connectivity index (χ2v) is 8.94. The molecule has 29 heavy (non-hydrogen) atoms. The number of aromatic amines is 1. The van der Waals surface area contributed by atoms with Gasteiger partial charge in [0.1, 0.15) is 0 Å². The fourth-order valence-electron chi connectivity index (χ4n) is 5.04. The van der Waals surface area contributed by atoms with Gasteiger partial charge in [-0.05, 0) is 56.5 Å². The fourth-order valence-corrected chi connectivity index (χ4v) is 5.16. The molecule has 0 amide bonds. The van der Waals surface area contributed by atoms with Crippen molar-refractivity contribution in [2.24, 2.45) is 0 Å². The first-order chi connectivity index (χ1) is 14.1. The largest absolute Gasteiger partial charge is 0.378 e. The molecule has 1 aromatic heterocycles. The van der Waals surface area contributed by atoms with Gasteiger partial charge >= 0.3 is 0 Å². The molecule has 2 aromatic rings. The van der Waals surface area contributed by atoms with Crippen LogP contribution in [0.1, 0.15) is 36.1 Å². The SMILES string of the molecule is O=c1[nH]c(N2CCOCC2)nc2c1CCC21CCN(Cc2ccc(Cl)cc2)CC1. The predicted octanol–water partition coefficient (Wildman–Crippen LogP) is 2.74. The summed E-state index contributed by atoms with van der Waals surface area (Å²) < 4.78 is 5.45. The lowest BCUT2D eigenvalue weighted by Crippen LogP contribution is -2.43. The molecule has 1 aliphatic carbocycles. The molecule has 0 saturated carbocycles. The molecular weight excluding hydrogens is 388 g/mol. The van der Waals surface area contributed by atoms with E-state index in [0.29, 0.717) is 13.2 Å². The van der Waals surface area contributed by atoms with E-state index in [2.05, 4.69) is 26.9 Å². The van der Waals surface area contributed by atoms with Gasteiger partial charge < -0.3 is 9.64 Å². The Bertz CT molecular complexity index is 929. The molecule has 0 unspecified atom stereocenters. The Morgan fingerprint density at radius 3 is 2.52 bits per heavy atom. The van der Waals surface area contributed by atoms with Crippen molar-refractivity contribution in [3.63, 3.8) is 0 Å². The predicted molar refractivity (Wildman–Crippen MR) is 114 cm³/mol. The fraction of sp³-hybridized carbons (Fsp3) is 0.545. The summed E-state index contributed by atoms with van der Waals surface area (Å²) in [5.74, 6) is 0.724. The van der Waals surface area contributed by atoms with Crippen LogP contribution in [-0.4, -0.2) is 54.3 Å². The maximum Gasteiger partial charge on any atom is 0.255 e. The second-order valence-electron chi connectivity index (χ2n) is 8.50. The van der Waals surface area contributed by atoms with Crippen LogP contribution in [-0.2, 0) is 23.1 Å². The van der Waals surface area contributed by atoms with E-state index in [4.69, 9.17) is 21.3 Å². The maximum atomic E-state index is 12.8. The van der Waals surface area contributed by atoms with Crippen LogP contribution < -0.4 is 10.5 Å². The number of hydrogen-bond acceptors (Lipinski definition) is 5. The molecule has 2 fully saturated rings. The van der Waals surface area contributed by atoms with E-state index >= 15 is 0 Å². The van der Waals surface area contributed by atoms with Gasteiger partial charge in [0.15, 0.2) is 0 Å². The number of benzene rings is 1. The number of H-pyrrole nitrogens is 1. The minimum Gasteiger partial charge on any atom is -0.378 e. The van der Waals surface area contributed by atoms with Crippen molar-refractivity contribution in [3.8, 4) is 0 Å². The molecule has 1 spiro atoms. The first-order valence-corrected chi connectivity index (χ1v) is 10.9. The highest BCUT2D eigenvalue weighted by atomic mass is 35.5. The van der Waals surface area contributed by atoms with Crippen LogP contribution in [0.4, 0.5) is 5.95 Å². The van der Waals surface area contributed by atoms with Gasteiger partial charge in [0, 0.05) is 35.6 Å². The number of aromatic nitrogens is 2. The Balaban J connectivity index is 1.34. The van der Waals surface area contributed by atoms with Crippen LogP contribution in [0.5, 0.6) is 0 Å². The van der Waals surface area contributed by atoms with Gasteiger partial charge in [0.05, 0.1) is 18.9 Å². The second kappa shape index (κ2) is 7.74. The van der Waals surface area contributed by atoms with Crippen molar-refractivity contribution in [1.82, 2.24) is 14.9 Å². The number of fused-ring (bicyclic) bond motifs is 2. The third-order valence-electron chi connectivity index (χ3n) is 6.80. The summed E-state index contributed by atoms with van der Waals surface area (Å²) in [6.07, 6.45) is 4.01. The molecule has 3 aliphatic rings. The highest BCUT2D eigenvalue weighted by Crippen LogP contribution is 2.44. The zero-order chi connectivity index (χ0) is 19.8. The van der Waals surface area contributed by atoms with Crippen molar-refractivity contribution in [3.05, 3.63) is 56.5 Å². The van der Waals surface area contributed by atoms with Crippen molar-refractivity contribution in [2.75, 3.05) is 44.3 Å². The van der Waals surface area contributed by atoms with Gasteiger partial charge in [-0.25, -0.2) is 4.98 Å². The van der Waals surface area contributed by atoms with Gasteiger partial charge in [-0.1, -0.05) is 23.7 Å². The van der Waals surface area contributed by atoms with Gasteiger partial charge in [-0.2, -0.15) is 0 Å². The monoisotopic (exact) mass is 414 g/mol. The lowest BCUT2D eigenvalue weighted by atomic mass is 9.76. The summed E-state index contributed by atoms with van der Waals surface area (Å²) in [5, 5.41) is 0.779. The molecular formula is C22H27ClN4O2. The molecule has 5 rings (SSSR count). The molecule has 1 aromatic carbocycles. The van der Waals surface area contributed by atoms with Crippen LogP contribution in [0.3, 0.4) is 0 Å². The van der Waals surface area contributed by atoms with E-state index in [0.717, 1.165) is 80.6 Å². The number of morpholine rings is 1. The maximum absolute atomic E-state index is 12.8. The smallest absolute Gasteiger partial charge is 0.255 e. The molecule has 2 saturated heterocycles. The normalized spacial score (nSPS) is 21.5. The molecule has 154 valence electrons. The molecule has 1 N–H and O–H groups in total. The van der Waals surface area contributed by atoms with Gasteiger partial charge in [0.2, 0.25) is 5.95 Å². The summed E-state index contributed by atoms with van der Waals surface area (Å²) in [6, 6.07) is 8.12. The summed E-state index contributed by atoms with van der Waals surface area (Å²) >= 11 is 6.01. The lowest BCUT2D eigenvalue weighted by molar-refractivity contribution is 0.122. The first kappa shape index (κ1) is 19.1. The third kappa shape index (κ3) is 3.69. The Morgan fingerprint density at radius 2 is 1.79 bits per heavy atom. The van der Waals surface area contributed by atoms with E-state index in [-0.39, 0.29) is 11.0 Å². The van der Waals surface area contributed by atoms with Gasteiger partial charge in [-0.3, -0.25) is 14.7 Å². The van der Waals surface area contributed by atoms with E-state index in [9.17, 15) is 4.79 Å². The van der Waals surface area contributed by atoms with Crippen LogP contribution in [0, 0.1) is 0 Å². The zero-order valence-corrected chi connectivity index (χ0v) is 17.4. The average molecular weight is 415 g/mol. The average Bonchev–Trinajstić information content (AvgIpc) is 3.11. The molecule has 0 radical (unpaired) electrons. The summed E-state index contributed by atoms with van der Waals surface area (Å²) in [6.45, 7) is 5.94. The Hall–Kier alpha value is -1.89. The highest BCUT2D eigenvalue weighted by molar-refractivity contribution is 6.30. The number of hydrogen-bond donors (Lipinski definition) is 1. The summed E-state index contributed by atoms with van der Waals surface area (Å²) in [4.78, 5) is 25.5. The third-order valence-corrected chi connectivity index (χ3v) is 7.05. The Kier molecular flexibility index (Phi) is 5.10. The quantitative estimate of drug-likeness (QED) is 0.836. The molecule has 6 nitrogen and oxygen atoms in total. The van der Waals surface area contributed by atoms with Crippen molar-refractivity contribution < 1.29 is 4.74 Å². The van der Waals surface area contributed by atoms with Crippen LogP contribution in [0.2, 0.25) is 5.02 Å². The topological polar surface area (TPSA) is 61.5 Å². The summed E-state index contributed by atoms with van der Waals surface area (Å²) in [5.41, 5.74) is 3.38. The van der Waals surface area contributed by atoms with Crippen molar-refractivity contribution in [2.45, 2.75) is 37.6 Å². The van der Waals surface area contributed by atoms with Crippen LogP contribution in [0.15, 0.2) is 29.1 Å². The highest BCUT2D eigenvalue weighted by Gasteiger charge is 2.44. The van der Waals surface area contributed by atoms with Gasteiger partial charge in [-0.15, -0.1) is 0 Å². The van der Waals surface area contributed by atoms with E-state index in [1.807, 2.05) is 12.1 Å². The van der Waals surface area contributed by atoms with E-state index < -0.39 is 0 Å². The first-order valence-electron chi connectivity index (χ1n) is 10.6. The number of piperidine rings is 1. The number of halogens is 1. The van der Waals surface area contributed by atoms with Gasteiger partial charge in [0.25, 0.3) is 5.56 Å². The Morgan fingerprint density at radius 1 is 1.07 bits per heavy atom. The molecule has 0 atom stereocenters. The number of nitrogens with one attached hydrogen (secondary N) is 1. The van der Waals surface area contributed by atoms with Crippen LogP contribution in [0.25, 0.3) is 0 Å². The zero-order valence-electron chi connectivity index (χ0n) is 16.6. The minimum absolute atomic E-state index is 0.0527. The minimum atomic E-state index is 0.0527. The number of likely N-dealkylation sites (tertiary alicyclic amines) is 1. The number of anilines is 1. The van der Waals surface area contributed by atoms with Crippen molar-refractivity contribution in [1.29, 1.82) is 0 Å². The van der Waals surface area contributed by atoms with Crippen LogP contribution >= 0.6 is 11.6 Å². The standard InChI is InChI=1S/C22H27ClN4O2/c23-17-3-1-16(2-4-17)15-26-9-7-22(8-10-26)6-5-18-19(22)24-21(25-20(18)28)27-11-13-29-14-12-27/h1-4H,5-15H2,(H,24,25,28). The molecule has 7 heteroatoms. The summed E-state index contributed by atoms with van der Waals surface area (Å²) in [7, 11) is 0. The molecule has 2 aliphatic heterocycles. The molecule has 3 heterocycles. The van der Waals surface area contributed by atoms with E-state index in [1.165, 1.54) is 5.56 Å². The Labute approximate surface area is 175 Å². The van der Waals surface area contributed by atoms with Crippen molar-refractivity contribution >= 4 is 17.5 Å². The number of ether oxygens (including phenoxy) is 1. The number of rotatable bonds is 3. The molecule has 0 bridgehead atoms. The van der Waals surface area contributed by atoms with E-state index in [1.54, 1.807) is 0 Å². The number of nitrogens with zero attached hydrogens (tertiary/aromatic N) is 3.